The van der Waals surface area contributed by atoms with Gasteiger partial charge in [0, 0.05) is 29.5 Å². The van der Waals surface area contributed by atoms with Gasteiger partial charge in [0.25, 0.3) is 10.0 Å². The molecule has 1 aliphatic heterocycles. The number of aromatic nitrogens is 1. The summed E-state index contributed by atoms with van der Waals surface area (Å²) in [7, 11) is -3.84. The summed E-state index contributed by atoms with van der Waals surface area (Å²) in [5.41, 5.74) is 4.19. The molecule has 1 saturated carbocycles. The molecule has 176 valence electrons. The monoisotopic (exact) mass is 478 g/mol. The van der Waals surface area contributed by atoms with E-state index in [-0.39, 0.29) is 16.2 Å². The number of anilines is 1. The fraction of sp³-hybridized carbons (Fsp3) is 0.308. The highest BCUT2D eigenvalue weighted by Crippen LogP contribution is 2.38. The number of para-hydroxylation sites is 1. The van der Waals surface area contributed by atoms with Crippen LogP contribution in [0, 0.1) is 13.8 Å². The van der Waals surface area contributed by atoms with Crippen molar-refractivity contribution in [1.29, 1.82) is 0 Å². The molecule has 1 fully saturated rings. The van der Waals surface area contributed by atoms with Crippen molar-refractivity contribution < 1.29 is 22.7 Å². The van der Waals surface area contributed by atoms with Crippen LogP contribution in [0.2, 0.25) is 0 Å². The molecule has 2 aliphatic rings. The summed E-state index contributed by atoms with van der Waals surface area (Å²) in [4.78, 5) is 25.4. The first kappa shape index (κ1) is 22.4. The Hall–Kier alpha value is -3.39. The van der Waals surface area contributed by atoms with Gasteiger partial charge in [-0.3, -0.25) is 9.10 Å². The number of esters is 1. The molecular weight excluding hydrogens is 452 g/mol. The second kappa shape index (κ2) is 8.43. The summed E-state index contributed by atoms with van der Waals surface area (Å²) in [5, 5.41) is 0. The maximum Gasteiger partial charge on any atom is 0.338 e. The zero-order valence-electron chi connectivity index (χ0n) is 19.2. The minimum Gasteiger partial charge on any atom is -0.454 e. The number of rotatable bonds is 7. The lowest BCUT2D eigenvalue weighted by Gasteiger charge is -2.19. The Morgan fingerprint density at radius 1 is 1.03 bits per heavy atom. The summed E-state index contributed by atoms with van der Waals surface area (Å²) < 4.78 is 35.3. The average molecular weight is 479 g/mol. The Morgan fingerprint density at radius 3 is 2.56 bits per heavy atom. The van der Waals surface area contributed by atoms with Gasteiger partial charge in [0.1, 0.15) is 0 Å². The molecule has 1 aromatic heterocycles. The van der Waals surface area contributed by atoms with Crippen LogP contribution in [0.4, 0.5) is 5.69 Å². The van der Waals surface area contributed by atoms with Crippen LogP contribution in [0.5, 0.6) is 0 Å². The number of benzene rings is 2. The summed E-state index contributed by atoms with van der Waals surface area (Å²) in [5.74, 6) is -1.01. The van der Waals surface area contributed by atoms with Crippen LogP contribution in [0.1, 0.15) is 56.6 Å². The summed E-state index contributed by atoms with van der Waals surface area (Å²) in [6.07, 6.45) is 2.86. The molecule has 3 aromatic rings. The van der Waals surface area contributed by atoms with Gasteiger partial charge in [0.05, 0.1) is 16.1 Å². The molecular formula is C26H26N2O5S. The van der Waals surface area contributed by atoms with Crippen molar-refractivity contribution in [1.82, 2.24) is 4.57 Å². The van der Waals surface area contributed by atoms with Crippen LogP contribution in [-0.2, 0) is 21.2 Å². The standard InChI is InChI=1S/C26H26N2O5S/c1-17-14-23(18(2)28(17)21-10-11-21)25(29)16-33-26(30)20-7-5-8-22(15-20)34(31,32)27-13-12-19-6-3-4-9-24(19)27/h3-9,14-15,21H,10-13,16H2,1-2H3. The molecule has 34 heavy (non-hydrogen) atoms. The van der Waals surface area contributed by atoms with E-state index in [1.807, 2.05) is 32.0 Å². The molecule has 2 aromatic carbocycles. The number of carbonyl (C=O) groups is 2. The van der Waals surface area contributed by atoms with E-state index in [0.717, 1.165) is 29.8 Å². The fourth-order valence-corrected chi connectivity index (χ4v) is 6.26. The third kappa shape index (κ3) is 3.92. The topological polar surface area (TPSA) is 85.7 Å². The van der Waals surface area contributed by atoms with E-state index < -0.39 is 22.6 Å². The molecule has 0 saturated heterocycles. The number of fused-ring (bicyclic) bond motifs is 1. The maximum absolute atomic E-state index is 13.3. The second-order valence-electron chi connectivity index (χ2n) is 8.87. The highest BCUT2D eigenvalue weighted by Gasteiger charge is 2.31. The van der Waals surface area contributed by atoms with Gasteiger partial charge >= 0.3 is 5.97 Å². The quantitative estimate of drug-likeness (QED) is 0.375. The number of sulfonamides is 1. The smallest absolute Gasteiger partial charge is 0.338 e. The molecule has 0 radical (unpaired) electrons. The number of hydrogen-bond donors (Lipinski definition) is 0. The van der Waals surface area contributed by atoms with E-state index in [2.05, 4.69) is 4.57 Å². The van der Waals surface area contributed by atoms with E-state index >= 15 is 0 Å². The summed E-state index contributed by atoms with van der Waals surface area (Å²) in [6, 6.07) is 15.4. The molecule has 7 nitrogen and oxygen atoms in total. The van der Waals surface area contributed by atoms with Gasteiger partial charge in [0.2, 0.25) is 5.78 Å². The molecule has 8 heteroatoms. The number of aryl methyl sites for hydroxylation is 1. The van der Waals surface area contributed by atoms with Gasteiger partial charge in [-0.15, -0.1) is 0 Å². The van der Waals surface area contributed by atoms with Crippen molar-refractivity contribution in [2.45, 2.75) is 44.0 Å². The summed E-state index contributed by atoms with van der Waals surface area (Å²) in [6.45, 7) is 3.83. The van der Waals surface area contributed by atoms with Gasteiger partial charge in [0.15, 0.2) is 6.61 Å². The largest absolute Gasteiger partial charge is 0.454 e. The van der Waals surface area contributed by atoms with Crippen LogP contribution in [-0.4, -0.2) is 37.9 Å². The molecule has 2 heterocycles. The number of ketones is 1. The number of nitrogens with zero attached hydrogens (tertiary/aromatic N) is 2. The van der Waals surface area contributed by atoms with Gasteiger partial charge in [-0.2, -0.15) is 0 Å². The first-order valence-corrected chi connectivity index (χ1v) is 12.8. The lowest BCUT2D eigenvalue weighted by Crippen LogP contribution is -2.29. The molecule has 0 N–H and O–H groups in total. The van der Waals surface area contributed by atoms with Gasteiger partial charge in [-0.25, -0.2) is 13.2 Å². The van der Waals surface area contributed by atoms with Crippen LogP contribution < -0.4 is 4.31 Å². The predicted molar refractivity (Wildman–Crippen MR) is 128 cm³/mol. The van der Waals surface area contributed by atoms with Crippen LogP contribution in [0.3, 0.4) is 0 Å². The van der Waals surface area contributed by atoms with Crippen molar-refractivity contribution >= 4 is 27.5 Å². The highest BCUT2D eigenvalue weighted by molar-refractivity contribution is 7.92. The van der Waals surface area contributed by atoms with Crippen molar-refractivity contribution in [3.05, 3.63) is 82.7 Å². The third-order valence-electron chi connectivity index (χ3n) is 6.53. The fourth-order valence-electron chi connectivity index (χ4n) is 4.71. The van der Waals surface area contributed by atoms with Crippen molar-refractivity contribution in [2.24, 2.45) is 0 Å². The van der Waals surface area contributed by atoms with Crippen molar-refractivity contribution in [3.8, 4) is 0 Å². The molecule has 0 spiro atoms. The second-order valence-corrected chi connectivity index (χ2v) is 10.7. The van der Waals surface area contributed by atoms with Gasteiger partial charge < -0.3 is 9.30 Å². The van der Waals surface area contributed by atoms with E-state index in [4.69, 9.17) is 4.74 Å². The normalized spacial score (nSPS) is 15.3. The van der Waals surface area contributed by atoms with E-state index in [1.165, 1.54) is 28.6 Å². The van der Waals surface area contributed by atoms with Crippen LogP contribution in [0.25, 0.3) is 0 Å². The Labute approximate surface area is 199 Å². The SMILES string of the molecule is Cc1cc(C(=O)COC(=O)c2cccc(S(=O)(=O)N3CCc4ccccc43)c2)c(C)n1C1CC1. The number of hydrogen-bond acceptors (Lipinski definition) is 5. The number of ether oxygens (including phenoxy) is 1. The Balaban J connectivity index is 1.31. The minimum atomic E-state index is -3.84. The number of Topliss-reactive ketones (excluding diaryl/α,β-unsaturated/α-hetero) is 1. The maximum atomic E-state index is 13.3. The zero-order chi connectivity index (χ0) is 24.0. The Bertz CT molecular complexity index is 1400. The first-order chi connectivity index (χ1) is 16.3. The van der Waals surface area contributed by atoms with E-state index in [0.29, 0.717) is 30.3 Å². The molecule has 0 bridgehead atoms. The lowest BCUT2D eigenvalue weighted by molar-refractivity contribution is 0.0474. The molecule has 0 atom stereocenters. The Morgan fingerprint density at radius 2 is 1.79 bits per heavy atom. The Kier molecular flexibility index (Phi) is 5.56. The molecule has 0 unspecified atom stereocenters. The van der Waals surface area contributed by atoms with Gasteiger partial charge in [-0.1, -0.05) is 24.3 Å². The molecule has 5 rings (SSSR count). The lowest BCUT2D eigenvalue weighted by atomic mass is 10.1. The third-order valence-corrected chi connectivity index (χ3v) is 8.34. The van der Waals surface area contributed by atoms with Crippen LogP contribution in [0.15, 0.2) is 59.5 Å². The average Bonchev–Trinajstić information content (AvgIpc) is 3.48. The molecule has 1 aliphatic carbocycles. The van der Waals surface area contributed by atoms with Crippen molar-refractivity contribution in [2.75, 3.05) is 17.5 Å². The van der Waals surface area contributed by atoms with E-state index in [1.54, 1.807) is 12.1 Å². The minimum absolute atomic E-state index is 0.0120. The predicted octanol–water partition coefficient (Wildman–Crippen LogP) is 4.23. The zero-order valence-corrected chi connectivity index (χ0v) is 20.0. The van der Waals surface area contributed by atoms with Gasteiger partial charge in [-0.05, 0) is 69.0 Å². The summed E-state index contributed by atoms with van der Waals surface area (Å²) >= 11 is 0. The first-order valence-electron chi connectivity index (χ1n) is 11.4. The number of carbonyl (C=O) groups excluding carboxylic acids is 2. The molecule has 0 amide bonds. The van der Waals surface area contributed by atoms with E-state index in [9.17, 15) is 18.0 Å². The highest BCUT2D eigenvalue weighted by atomic mass is 32.2. The van der Waals surface area contributed by atoms with Crippen molar-refractivity contribution in [3.63, 3.8) is 0 Å². The van der Waals surface area contributed by atoms with Crippen LogP contribution >= 0.6 is 0 Å².